The fourth-order valence-corrected chi connectivity index (χ4v) is 5.38. The van der Waals surface area contributed by atoms with Crippen molar-refractivity contribution < 1.29 is 4.79 Å². The minimum Gasteiger partial charge on any atom is -0.334 e. The van der Waals surface area contributed by atoms with Crippen molar-refractivity contribution in [1.82, 2.24) is 19.7 Å². The SMILES string of the molecule is Cc1ccccc1[C@H]1[C@@H]2CN(Cc3cncs3)C[C@@H]2CN1C(=O)CN(C)C. The van der Waals surface area contributed by atoms with Crippen molar-refractivity contribution in [3.63, 3.8) is 0 Å². The Bertz CT molecular complexity index is 791. The van der Waals surface area contributed by atoms with Gasteiger partial charge in [0.05, 0.1) is 18.1 Å². The average Bonchev–Trinajstić information content (AvgIpc) is 3.31. The molecular weight excluding hydrogens is 356 g/mol. The number of likely N-dealkylation sites (N-methyl/N-ethyl adjacent to an activating group) is 1. The molecule has 2 aromatic rings. The summed E-state index contributed by atoms with van der Waals surface area (Å²) in [5, 5.41) is 0. The van der Waals surface area contributed by atoms with Crippen molar-refractivity contribution in [3.8, 4) is 0 Å². The van der Waals surface area contributed by atoms with Gasteiger partial charge in [-0.05, 0) is 38.1 Å². The number of amides is 1. The number of rotatable bonds is 5. The highest BCUT2D eigenvalue weighted by atomic mass is 32.1. The number of hydrogen-bond acceptors (Lipinski definition) is 5. The average molecular weight is 385 g/mol. The van der Waals surface area contributed by atoms with E-state index < -0.39 is 0 Å². The summed E-state index contributed by atoms with van der Waals surface area (Å²) in [4.78, 5) is 25.2. The Kier molecular flexibility index (Phi) is 5.30. The lowest BCUT2D eigenvalue weighted by Gasteiger charge is -2.31. The third-order valence-corrected chi connectivity index (χ3v) is 6.65. The fourth-order valence-electron chi connectivity index (χ4n) is 4.74. The number of nitrogens with zero attached hydrogens (tertiary/aromatic N) is 4. The zero-order valence-corrected chi connectivity index (χ0v) is 17.2. The lowest BCUT2D eigenvalue weighted by atomic mass is 9.87. The molecular formula is C21H28N4OS. The molecule has 2 fully saturated rings. The van der Waals surface area contributed by atoms with Crippen LogP contribution in [0.3, 0.4) is 0 Å². The van der Waals surface area contributed by atoms with E-state index in [1.807, 2.05) is 30.7 Å². The number of aryl methyl sites for hydroxylation is 1. The monoisotopic (exact) mass is 384 g/mol. The van der Waals surface area contributed by atoms with Crippen molar-refractivity contribution >= 4 is 17.2 Å². The minimum absolute atomic E-state index is 0.190. The highest BCUT2D eigenvalue weighted by Crippen LogP contribution is 2.46. The van der Waals surface area contributed by atoms with Gasteiger partial charge in [-0.2, -0.15) is 0 Å². The van der Waals surface area contributed by atoms with Crippen LogP contribution in [0.2, 0.25) is 0 Å². The van der Waals surface area contributed by atoms with Gasteiger partial charge < -0.3 is 9.80 Å². The van der Waals surface area contributed by atoms with Gasteiger partial charge in [-0.1, -0.05) is 24.3 Å². The summed E-state index contributed by atoms with van der Waals surface area (Å²) < 4.78 is 0. The second-order valence-electron chi connectivity index (χ2n) is 8.17. The molecule has 4 rings (SSSR count). The number of benzene rings is 1. The second kappa shape index (κ2) is 7.70. The Morgan fingerprint density at radius 3 is 2.78 bits per heavy atom. The molecule has 6 heteroatoms. The van der Waals surface area contributed by atoms with Gasteiger partial charge in [-0.3, -0.25) is 14.7 Å². The van der Waals surface area contributed by atoms with Crippen LogP contribution < -0.4 is 0 Å². The van der Waals surface area contributed by atoms with Gasteiger partial charge in [-0.25, -0.2) is 0 Å². The summed E-state index contributed by atoms with van der Waals surface area (Å²) >= 11 is 1.73. The van der Waals surface area contributed by atoms with Gasteiger partial charge in [-0.15, -0.1) is 11.3 Å². The van der Waals surface area contributed by atoms with E-state index in [2.05, 4.69) is 46.0 Å². The molecule has 0 spiro atoms. The van der Waals surface area contributed by atoms with Crippen LogP contribution in [0.15, 0.2) is 36.0 Å². The maximum absolute atomic E-state index is 13.0. The lowest BCUT2D eigenvalue weighted by molar-refractivity contribution is -0.133. The number of thiazole rings is 1. The predicted octanol–water partition coefficient (Wildman–Crippen LogP) is 2.64. The van der Waals surface area contributed by atoms with Crippen molar-refractivity contribution in [3.05, 3.63) is 52.0 Å². The van der Waals surface area contributed by atoms with E-state index in [0.717, 1.165) is 26.2 Å². The Morgan fingerprint density at radius 1 is 1.26 bits per heavy atom. The van der Waals surface area contributed by atoms with E-state index in [0.29, 0.717) is 18.4 Å². The number of carbonyl (C=O) groups excluding carboxylic acids is 1. The minimum atomic E-state index is 0.190. The molecule has 0 saturated carbocycles. The number of likely N-dealkylation sites (tertiary alicyclic amines) is 2. The summed E-state index contributed by atoms with van der Waals surface area (Å²) in [5.41, 5.74) is 4.51. The van der Waals surface area contributed by atoms with Crippen molar-refractivity contribution in [2.45, 2.75) is 19.5 Å². The molecule has 0 bridgehead atoms. The maximum atomic E-state index is 13.0. The molecule has 0 unspecified atom stereocenters. The Labute approximate surface area is 165 Å². The lowest BCUT2D eigenvalue weighted by Crippen LogP contribution is -2.40. The summed E-state index contributed by atoms with van der Waals surface area (Å²) in [6.07, 6.45) is 1.98. The van der Waals surface area contributed by atoms with Crippen LogP contribution in [0.1, 0.15) is 22.0 Å². The molecule has 1 aromatic heterocycles. The van der Waals surface area contributed by atoms with Crippen LogP contribution in [0.5, 0.6) is 0 Å². The molecule has 0 aliphatic carbocycles. The molecule has 2 aliphatic heterocycles. The van der Waals surface area contributed by atoms with Crippen molar-refractivity contribution in [1.29, 1.82) is 0 Å². The fraction of sp³-hybridized carbons (Fsp3) is 0.524. The zero-order chi connectivity index (χ0) is 19.0. The largest absolute Gasteiger partial charge is 0.334 e. The molecule has 144 valence electrons. The zero-order valence-electron chi connectivity index (χ0n) is 16.3. The smallest absolute Gasteiger partial charge is 0.237 e. The summed E-state index contributed by atoms with van der Waals surface area (Å²) in [7, 11) is 3.93. The highest BCUT2D eigenvalue weighted by molar-refractivity contribution is 7.09. The first kappa shape index (κ1) is 18.6. The first-order chi connectivity index (χ1) is 13.0. The van der Waals surface area contributed by atoms with E-state index in [1.54, 1.807) is 11.3 Å². The maximum Gasteiger partial charge on any atom is 0.237 e. The van der Waals surface area contributed by atoms with E-state index in [4.69, 9.17) is 0 Å². The molecule has 3 atom stereocenters. The van der Waals surface area contributed by atoms with E-state index in [9.17, 15) is 4.79 Å². The van der Waals surface area contributed by atoms with Gasteiger partial charge in [0.25, 0.3) is 0 Å². The first-order valence-electron chi connectivity index (χ1n) is 9.62. The van der Waals surface area contributed by atoms with Crippen LogP contribution in [0, 0.1) is 18.8 Å². The number of hydrogen-bond donors (Lipinski definition) is 0. The first-order valence-corrected chi connectivity index (χ1v) is 10.5. The molecule has 27 heavy (non-hydrogen) atoms. The molecule has 2 saturated heterocycles. The quantitative estimate of drug-likeness (QED) is 0.795. The van der Waals surface area contributed by atoms with E-state index >= 15 is 0 Å². The summed E-state index contributed by atoms with van der Waals surface area (Å²) in [5.74, 6) is 1.30. The van der Waals surface area contributed by atoms with Gasteiger partial charge in [0.2, 0.25) is 5.91 Å². The molecule has 0 N–H and O–H groups in total. The van der Waals surface area contributed by atoms with Crippen LogP contribution >= 0.6 is 11.3 Å². The Morgan fingerprint density at radius 2 is 2.07 bits per heavy atom. The Balaban J connectivity index is 1.58. The van der Waals surface area contributed by atoms with Crippen LogP contribution in [0.25, 0.3) is 0 Å². The molecule has 3 heterocycles. The number of carbonyl (C=O) groups is 1. The van der Waals surface area contributed by atoms with Crippen LogP contribution in [-0.4, -0.2) is 65.9 Å². The summed E-state index contributed by atoms with van der Waals surface area (Å²) in [6.45, 7) is 6.61. The standard InChI is InChI=1S/C21H28N4OS/c1-15-6-4-5-7-18(15)21-19-12-24(11-17-8-22-14-27-17)9-16(19)10-25(21)20(26)13-23(2)3/h4-8,14,16,19,21H,9-13H2,1-3H3/t16-,19-,21+/m1/s1. The molecule has 5 nitrogen and oxygen atoms in total. The van der Waals surface area contributed by atoms with E-state index in [-0.39, 0.29) is 11.9 Å². The van der Waals surface area contributed by atoms with Crippen LogP contribution in [-0.2, 0) is 11.3 Å². The highest BCUT2D eigenvalue weighted by Gasteiger charge is 2.49. The predicted molar refractivity (Wildman–Crippen MR) is 109 cm³/mol. The number of aromatic nitrogens is 1. The third-order valence-electron chi connectivity index (χ3n) is 5.88. The molecule has 2 aliphatic rings. The Hall–Kier alpha value is -1.76. The second-order valence-corrected chi connectivity index (χ2v) is 9.14. The normalized spacial score (nSPS) is 25.3. The van der Waals surface area contributed by atoms with Gasteiger partial charge in [0, 0.05) is 43.2 Å². The number of fused-ring (bicyclic) bond motifs is 1. The van der Waals surface area contributed by atoms with Crippen LogP contribution in [0.4, 0.5) is 0 Å². The van der Waals surface area contributed by atoms with Crippen molar-refractivity contribution in [2.24, 2.45) is 11.8 Å². The van der Waals surface area contributed by atoms with Crippen molar-refractivity contribution in [2.75, 3.05) is 40.3 Å². The van der Waals surface area contributed by atoms with Gasteiger partial charge >= 0.3 is 0 Å². The van der Waals surface area contributed by atoms with Gasteiger partial charge in [0.1, 0.15) is 0 Å². The topological polar surface area (TPSA) is 39.7 Å². The third kappa shape index (κ3) is 3.79. The summed E-state index contributed by atoms with van der Waals surface area (Å²) in [6, 6.07) is 8.76. The molecule has 1 aromatic carbocycles. The van der Waals surface area contributed by atoms with Gasteiger partial charge in [0.15, 0.2) is 0 Å². The van der Waals surface area contributed by atoms with E-state index in [1.165, 1.54) is 16.0 Å². The molecule has 0 radical (unpaired) electrons. The molecule has 1 amide bonds.